The van der Waals surface area contributed by atoms with E-state index in [4.69, 9.17) is 11.6 Å². The largest absolute Gasteiger partial charge is 0.385 e. The van der Waals surface area contributed by atoms with Gasteiger partial charge in [-0.2, -0.15) is 0 Å². The number of amides is 1. The fraction of sp³-hybridized carbons (Fsp3) is 0.231. The molecule has 0 fully saturated rings. The van der Waals surface area contributed by atoms with E-state index in [1.54, 1.807) is 24.4 Å². The first-order valence-electron chi connectivity index (χ1n) is 5.87. The van der Waals surface area contributed by atoms with Crippen LogP contribution in [0.1, 0.15) is 22.2 Å². The minimum absolute atomic E-state index is 0.215. The second-order valence-electron chi connectivity index (χ2n) is 3.95. The maximum Gasteiger partial charge on any atom is 0.259 e. The number of thiazole rings is 1. The van der Waals surface area contributed by atoms with Crippen molar-refractivity contribution in [1.29, 1.82) is 0 Å². The molecule has 2 aromatic rings. The van der Waals surface area contributed by atoms with Gasteiger partial charge in [-0.3, -0.25) is 10.1 Å². The van der Waals surface area contributed by atoms with Crippen molar-refractivity contribution in [3.63, 3.8) is 0 Å². The molecule has 100 valence electrons. The molecular formula is C13H14ClN3OS. The number of rotatable bonds is 4. The van der Waals surface area contributed by atoms with Crippen LogP contribution in [0.25, 0.3) is 0 Å². The van der Waals surface area contributed by atoms with Crippen LogP contribution in [0.15, 0.2) is 24.4 Å². The number of aryl methyl sites for hydroxylation is 1. The van der Waals surface area contributed by atoms with E-state index in [0.29, 0.717) is 15.7 Å². The molecule has 0 aliphatic heterocycles. The van der Waals surface area contributed by atoms with E-state index >= 15 is 0 Å². The molecule has 19 heavy (non-hydrogen) atoms. The Balaban J connectivity index is 2.24. The normalized spacial score (nSPS) is 10.3. The molecule has 2 rings (SSSR count). The molecule has 0 unspecified atom stereocenters. The molecule has 0 spiro atoms. The first kappa shape index (κ1) is 13.8. The summed E-state index contributed by atoms with van der Waals surface area (Å²) >= 11 is 7.39. The number of anilines is 2. The zero-order chi connectivity index (χ0) is 13.8. The molecule has 0 saturated heterocycles. The maximum absolute atomic E-state index is 12.2. The second kappa shape index (κ2) is 6.04. The number of hydrogen-bond donors (Lipinski definition) is 2. The van der Waals surface area contributed by atoms with E-state index in [1.807, 2.05) is 13.8 Å². The van der Waals surface area contributed by atoms with Crippen LogP contribution in [0.3, 0.4) is 0 Å². The van der Waals surface area contributed by atoms with E-state index in [1.165, 1.54) is 11.3 Å². The summed E-state index contributed by atoms with van der Waals surface area (Å²) in [7, 11) is 0. The molecule has 0 saturated carbocycles. The van der Waals surface area contributed by atoms with Crippen LogP contribution < -0.4 is 10.6 Å². The lowest BCUT2D eigenvalue weighted by Gasteiger charge is -2.10. The molecule has 0 radical (unpaired) electrons. The van der Waals surface area contributed by atoms with E-state index in [2.05, 4.69) is 15.6 Å². The van der Waals surface area contributed by atoms with Gasteiger partial charge < -0.3 is 5.32 Å². The Labute approximate surface area is 120 Å². The smallest absolute Gasteiger partial charge is 0.259 e. The van der Waals surface area contributed by atoms with Gasteiger partial charge >= 0.3 is 0 Å². The topological polar surface area (TPSA) is 54.0 Å². The highest BCUT2D eigenvalue weighted by molar-refractivity contribution is 7.15. The third-order valence-electron chi connectivity index (χ3n) is 2.44. The molecule has 0 bridgehead atoms. The Hall–Kier alpha value is -1.59. The number of carbonyl (C=O) groups is 1. The molecule has 0 aliphatic carbocycles. The van der Waals surface area contributed by atoms with Gasteiger partial charge in [0.2, 0.25) is 0 Å². The summed E-state index contributed by atoms with van der Waals surface area (Å²) < 4.78 is 0. The zero-order valence-electron chi connectivity index (χ0n) is 10.7. The molecule has 1 aromatic carbocycles. The fourth-order valence-electron chi connectivity index (χ4n) is 1.63. The van der Waals surface area contributed by atoms with Gasteiger partial charge in [0.1, 0.15) is 0 Å². The van der Waals surface area contributed by atoms with Crippen LogP contribution in [0.5, 0.6) is 0 Å². The van der Waals surface area contributed by atoms with Crippen molar-refractivity contribution < 1.29 is 4.79 Å². The summed E-state index contributed by atoms with van der Waals surface area (Å²) in [5.41, 5.74) is 1.28. The molecule has 1 amide bonds. The summed E-state index contributed by atoms with van der Waals surface area (Å²) in [6, 6.07) is 5.20. The number of nitrogens with one attached hydrogen (secondary N) is 2. The lowest BCUT2D eigenvalue weighted by molar-refractivity contribution is 0.102. The van der Waals surface area contributed by atoms with E-state index in [-0.39, 0.29) is 5.91 Å². The van der Waals surface area contributed by atoms with Gasteiger partial charge in [-0.05, 0) is 32.0 Å². The summed E-state index contributed by atoms with van der Waals surface area (Å²) in [5, 5.41) is 7.03. The van der Waals surface area contributed by atoms with Gasteiger partial charge in [0.05, 0.1) is 5.56 Å². The van der Waals surface area contributed by atoms with Crippen LogP contribution in [-0.4, -0.2) is 17.4 Å². The molecule has 4 nitrogen and oxygen atoms in total. The monoisotopic (exact) mass is 295 g/mol. The Morgan fingerprint density at radius 2 is 2.26 bits per heavy atom. The third-order valence-corrected chi connectivity index (χ3v) is 3.50. The van der Waals surface area contributed by atoms with Crippen molar-refractivity contribution in [3.05, 3.63) is 39.9 Å². The number of benzene rings is 1. The summed E-state index contributed by atoms with van der Waals surface area (Å²) in [5.74, 6) is -0.215. The SMILES string of the molecule is CCNc1ccc(Cl)cc1C(=O)Nc1ncc(C)s1. The number of halogens is 1. The molecular weight excluding hydrogens is 282 g/mol. The quantitative estimate of drug-likeness (QED) is 0.902. The molecule has 2 N–H and O–H groups in total. The van der Waals surface area contributed by atoms with Gasteiger partial charge in [0.15, 0.2) is 5.13 Å². The van der Waals surface area contributed by atoms with Crippen LogP contribution in [0, 0.1) is 6.92 Å². The number of carbonyl (C=O) groups excluding carboxylic acids is 1. The van der Waals surface area contributed by atoms with Crippen molar-refractivity contribution in [2.24, 2.45) is 0 Å². The van der Waals surface area contributed by atoms with Gasteiger partial charge in [-0.15, -0.1) is 11.3 Å². The molecule has 1 heterocycles. The summed E-state index contributed by atoms with van der Waals surface area (Å²) in [4.78, 5) is 17.4. The van der Waals surface area contributed by atoms with Crippen LogP contribution >= 0.6 is 22.9 Å². The van der Waals surface area contributed by atoms with E-state index in [0.717, 1.165) is 17.1 Å². The van der Waals surface area contributed by atoms with Crippen LogP contribution in [0.2, 0.25) is 5.02 Å². The Bertz CT molecular complexity index is 597. The minimum Gasteiger partial charge on any atom is -0.385 e. The van der Waals surface area contributed by atoms with E-state index < -0.39 is 0 Å². The third kappa shape index (κ3) is 3.45. The number of aromatic nitrogens is 1. The standard InChI is InChI=1S/C13H14ClN3OS/c1-3-15-11-5-4-9(14)6-10(11)12(18)17-13-16-7-8(2)19-13/h4-7,15H,3H2,1-2H3,(H,16,17,18). The van der Waals surface area contributed by atoms with Crippen LogP contribution in [-0.2, 0) is 0 Å². The van der Waals surface area contributed by atoms with Gasteiger partial charge in [-0.1, -0.05) is 11.6 Å². The van der Waals surface area contributed by atoms with Gasteiger partial charge in [0.25, 0.3) is 5.91 Å². The first-order chi connectivity index (χ1) is 9.10. The zero-order valence-corrected chi connectivity index (χ0v) is 12.2. The molecule has 0 aliphatic rings. The predicted molar refractivity (Wildman–Crippen MR) is 80.4 cm³/mol. The molecule has 1 aromatic heterocycles. The Kier molecular flexibility index (Phi) is 4.39. The lowest BCUT2D eigenvalue weighted by atomic mass is 10.1. The predicted octanol–water partition coefficient (Wildman–Crippen LogP) is 3.79. The highest BCUT2D eigenvalue weighted by atomic mass is 35.5. The highest BCUT2D eigenvalue weighted by Crippen LogP contribution is 2.23. The van der Waals surface area contributed by atoms with Crippen molar-refractivity contribution in [3.8, 4) is 0 Å². The number of hydrogen-bond acceptors (Lipinski definition) is 4. The highest BCUT2D eigenvalue weighted by Gasteiger charge is 2.13. The van der Waals surface area contributed by atoms with Crippen molar-refractivity contribution in [1.82, 2.24) is 4.98 Å². The molecule has 0 atom stereocenters. The summed E-state index contributed by atoms with van der Waals surface area (Å²) in [6.07, 6.45) is 1.73. The lowest BCUT2D eigenvalue weighted by Crippen LogP contribution is -2.14. The van der Waals surface area contributed by atoms with Crippen molar-refractivity contribution in [2.45, 2.75) is 13.8 Å². The average molecular weight is 296 g/mol. The second-order valence-corrected chi connectivity index (χ2v) is 5.62. The van der Waals surface area contributed by atoms with Gasteiger partial charge in [-0.25, -0.2) is 4.98 Å². The van der Waals surface area contributed by atoms with E-state index in [9.17, 15) is 4.79 Å². The van der Waals surface area contributed by atoms with Crippen molar-refractivity contribution >= 4 is 39.7 Å². The maximum atomic E-state index is 12.2. The van der Waals surface area contributed by atoms with Crippen LogP contribution in [0.4, 0.5) is 10.8 Å². The number of nitrogens with zero attached hydrogens (tertiary/aromatic N) is 1. The van der Waals surface area contributed by atoms with Gasteiger partial charge in [0, 0.05) is 28.3 Å². The summed E-state index contributed by atoms with van der Waals surface area (Å²) in [6.45, 7) is 4.65. The Morgan fingerprint density at radius 3 is 2.89 bits per heavy atom. The van der Waals surface area contributed by atoms with Crippen molar-refractivity contribution in [2.75, 3.05) is 17.2 Å². The Morgan fingerprint density at radius 1 is 1.47 bits per heavy atom. The molecule has 6 heteroatoms. The average Bonchev–Trinajstić information content (AvgIpc) is 2.77. The minimum atomic E-state index is -0.215. The fourth-order valence-corrected chi connectivity index (χ4v) is 2.46. The first-order valence-corrected chi connectivity index (χ1v) is 7.06.